The summed E-state index contributed by atoms with van der Waals surface area (Å²) in [4.78, 5) is 27.5. The molecule has 42 heavy (non-hydrogen) atoms. The van der Waals surface area contributed by atoms with Crippen LogP contribution in [-0.2, 0) is 37.4 Å². The molecule has 1 aliphatic heterocycles. The van der Waals surface area contributed by atoms with Crippen LogP contribution in [-0.4, -0.2) is 55.8 Å². The van der Waals surface area contributed by atoms with Gasteiger partial charge in [0.1, 0.15) is 16.7 Å². The first-order chi connectivity index (χ1) is 20.1. The number of amides is 1. The summed E-state index contributed by atoms with van der Waals surface area (Å²) >= 11 is 0. The summed E-state index contributed by atoms with van der Waals surface area (Å²) < 4.78 is 39.9. The molecule has 0 spiro atoms. The molecule has 4 rings (SSSR count). The molecule has 1 aliphatic rings. The highest BCUT2D eigenvalue weighted by Crippen LogP contribution is 2.33. The number of ether oxygens (including phenoxy) is 2. The molecule has 0 saturated heterocycles. The molecule has 224 valence electrons. The summed E-state index contributed by atoms with van der Waals surface area (Å²) in [5.41, 5.74) is 3.70. The third kappa shape index (κ3) is 7.77. The Kier molecular flexibility index (Phi) is 10.4. The summed E-state index contributed by atoms with van der Waals surface area (Å²) in [5.74, 6) is -0.244. The minimum atomic E-state index is -3.80. The highest BCUT2D eigenvalue weighted by molar-refractivity contribution is 7.89. The van der Waals surface area contributed by atoms with Gasteiger partial charge in [-0.2, -0.15) is 4.31 Å². The number of carbonyl (C=O) groups excluding carboxylic acids is 2. The van der Waals surface area contributed by atoms with Gasteiger partial charge in [-0.15, -0.1) is 0 Å². The third-order valence-electron chi connectivity index (χ3n) is 7.56. The Morgan fingerprint density at radius 2 is 1.79 bits per heavy atom. The van der Waals surface area contributed by atoms with E-state index in [-0.39, 0.29) is 61.3 Å². The summed E-state index contributed by atoms with van der Waals surface area (Å²) in [6.45, 7) is 6.72. The summed E-state index contributed by atoms with van der Waals surface area (Å²) in [7, 11) is -2.02. The van der Waals surface area contributed by atoms with Crippen LogP contribution in [0, 0.1) is 6.92 Å². The number of hydrogen-bond acceptors (Lipinski definition) is 6. The number of fused-ring (bicyclic) bond motifs is 1. The van der Waals surface area contributed by atoms with Gasteiger partial charge < -0.3 is 14.4 Å². The van der Waals surface area contributed by atoms with Crippen molar-refractivity contribution in [3.8, 4) is 5.75 Å². The molecule has 0 saturated carbocycles. The number of para-hydroxylation sites is 1. The lowest BCUT2D eigenvalue weighted by atomic mass is 9.88. The molecule has 0 fully saturated rings. The fourth-order valence-electron chi connectivity index (χ4n) is 5.24. The van der Waals surface area contributed by atoms with Crippen molar-refractivity contribution in [2.24, 2.45) is 0 Å². The number of rotatable bonds is 11. The van der Waals surface area contributed by atoms with E-state index >= 15 is 0 Å². The molecule has 2 atom stereocenters. The largest absolute Gasteiger partial charge is 0.488 e. The monoisotopic (exact) mass is 592 g/mol. The van der Waals surface area contributed by atoms with Crippen LogP contribution < -0.4 is 4.74 Å². The zero-order valence-corrected chi connectivity index (χ0v) is 25.6. The van der Waals surface area contributed by atoms with E-state index in [4.69, 9.17) is 9.47 Å². The van der Waals surface area contributed by atoms with Crippen molar-refractivity contribution in [2.45, 2.75) is 70.0 Å². The number of carbonyl (C=O) groups is 2. The maximum atomic E-state index is 13.6. The summed E-state index contributed by atoms with van der Waals surface area (Å²) in [5, 5.41) is 0. The number of benzene rings is 3. The molecule has 9 heteroatoms. The summed E-state index contributed by atoms with van der Waals surface area (Å²) in [6, 6.07) is 22.4. The maximum absolute atomic E-state index is 13.6. The van der Waals surface area contributed by atoms with Crippen LogP contribution in [0.5, 0.6) is 5.75 Å². The standard InChI is InChI=1S/C33H40N2O6S/c1-5-40-33(37)20-28(17-18-32(36)34(4)22-26-11-7-6-8-12-26)27-16-15-24(2)29(19-27)23-35-21-25(3)41-30-13-9-10-14-31(30)42(35,38)39/h6-16,19,25,28H,5,17-18,20-23H2,1-4H3. The minimum absolute atomic E-state index is 0.0108. The van der Waals surface area contributed by atoms with E-state index in [1.807, 2.05) is 62.4 Å². The van der Waals surface area contributed by atoms with Crippen LogP contribution in [0.3, 0.4) is 0 Å². The van der Waals surface area contributed by atoms with E-state index in [0.717, 1.165) is 22.3 Å². The molecular formula is C33H40N2O6S. The van der Waals surface area contributed by atoms with E-state index in [9.17, 15) is 18.0 Å². The zero-order valence-electron chi connectivity index (χ0n) is 24.8. The highest BCUT2D eigenvalue weighted by Gasteiger charge is 2.33. The fourth-order valence-corrected chi connectivity index (χ4v) is 6.85. The predicted octanol–water partition coefficient (Wildman–Crippen LogP) is 5.44. The number of sulfonamides is 1. The van der Waals surface area contributed by atoms with Crippen molar-refractivity contribution in [3.63, 3.8) is 0 Å². The van der Waals surface area contributed by atoms with E-state index in [0.29, 0.717) is 18.7 Å². The van der Waals surface area contributed by atoms with Crippen LogP contribution in [0.4, 0.5) is 0 Å². The van der Waals surface area contributed by atoms with Crippen molar-refractivity contribution in [1.82, 2.24) is 9.21 Å². The summed E-state index contributed by atoms with van der Waals surface area (Å²) in [6.07, 6.45) is 0.525. The topological polar surface area (TPSA) is 93.2 Å². The van der Waals surface area contributed by atoms with Crippen molar-refractivity contribution in [3.05, 3.63) is 95.1 Å². The number of aryl methyl sites for hydroxylation is 1. The fraction of sp³-hybridized carbons (Fsp3) is 0.394. The molecule has 3 aromatic carbocycles. The van der Waals surface area contributed by atoms with Gasteiger partial charge in [0.15, 0.2) is 0 Å². The molecule has 0 bridgehead atoms. The van der Waals surface area contributed by atoms with Crippen LogP contribution in [0.1, 0.15) is 61.3 Å². The lowest BCUT2D eigenvalue weighted by Crippen LogP contribution is -2.35. The molecule has 3 aromatic rings. The van der Waals surface area contributed by atoms with E-state index in [2.05, 4.69) is 0 Å². The van der Waals surface area contributed by atoms with Gasteiger partial charge in [-0.3, -0.25) is 9.59 Å². The van der Waals surface area contributed by atoms with Crippen LogP contribution in [0.2, 0.25) is 0 Å². The molecular weight excluding hydrogens is 552 g/mol. The average molecular weight is 593 g/mol. The zero-order chi connectivity index (χ0) is 30.3. The van der Waals surface area contributed by atoms with E-state index in [1.165, 1.54) is 4.31 Å². The number of esters is 1. The second kappa shape index (κ2) is 14.0. The predicted molar refractivity (Wildman–Crippen MR) is 161 cm³/mol. The first-order valence-corrected chi connectivity index (χ1v) is 15.8. The van der Waals surface area contributed by atoms with Gasteiger partial charge in [0.05, 0.1) is 19.6 Å². The first kappa shape index (κ1) is 31.3. The van der Waals surface area contributed by atoms with Gasteiger partial charge in [-0.25, -0.2) is 8.42 Å². The number of hydrogen-bond donors (Lipinski definition) is 0. The van der Waals surface area contributed by atoms with E-state index in [1.54, 1.807) is 43.1 Å². The third-order valence-corrected chi connectivity index (χ3v) is 9.41. The second-order valence-corrected chi connectivity index (χ2v) is 12.7. The van der Waals surface area contributed by atoms with Gasteiger partial charge in [-0.05, 0) is 67.5 Å². The van der Waals surface area contributed by atoms with Gasteiger partial charge in [-0.1, -0.05) is 60.7 Å². The van der Waals surface area contributed by atoms with E-state index < -0.39 is 10.0 Å². The molecule has 0 aliphatic carbocycles. The van der Waals surface area contributed by atoms with Crippen molar-refractivity contribution < 1.29 is 27.5 Å². The maximum Gasteiger partial charge on any atom is 0.306 e. The quantitative estimate of drug-likeness (QED) is 0.275. The first-order valence-electron chi connectivity index (χ1n) is 14.4. The van der Waals surface area contributed by atoms with Gasteiger partial charge in [0.2, 0.25) is 15.9 Å². The number of nitrogens with zero attached hydrogens (tertiary/aromatic N) is 2. The van der Waals surface area contributed by atoms with Crippen LogP contribution in [0.15, 0.2) is 77.7 Å². The van der Waals surface area contributed by atoms with Crippen molar-refractivity contribution in [2.75, 3.05) is 20.2 Å². The molecule has 0 N–H and O–H groups in total. The Morgan fingerprint density at radius 3 is 2.52 bits per heavy atom. The smallest absolute Gasteiger partial charge is 0.306 e. The van der Waals surface area contributed by atoms with Crippen molar-refractivity contribution in [1.29, 1.82) is 0 Å². The Morgan fingerprint density at radius 1 is 1.07 bits per heavy atom. The second-order valence-electron chi connectivity index (χ2n) is 10.8. The Labute approximate surface area is 249 Å². The lowest BCUT2D eigenvalue weighted by molar-refractivity contribution is -0.143. The highest BCUT2D eigenvalue weighted by atomic mass is 32.2. The normalized spacial score (nSPS) is 16.9. The van der Waals surface area contributed by atoms with Crippen LogP contribution >= 0.6 is 0 Å². The van der Waals surface area contributed by atoms with Crippen molar-refractivity contribution >= 4 is 21.9 Å². The molecule has 0 aromatic heterocycles. The molecule has 1 heterocycles. The minimum Gasteiger partial charge on any atom is -0.488 e. The van der Waals surface area contributed by atoms with Crippen LogP contribution in [0.25, 0.3) is 0 Å². The Hall–Kier alpha value is -3.69. The Bertz CT molecular complexity index is 1490. The molecule has 0 radical (unpaired) electrons. The average Bonchev–Trinajstić information content (AvgIpc) is 3.05. The Balaban J connectivity index is 1.55. The molecule has 8 nitrogen and oxygen atoms in total. The lowest BCUT2D eigenvalue weighted by Gasteiger charge is -2.24. The van der Waals surface area contributed by atoms with Gasteiger partial charge in [0.25, 0.3) is 0 Å². The molecule has 2 unspecified atom stereocenters. The van der Waals surface area contributed by atoms with Gasteiger partial charge in [0, 0.05) is 26.6 Å². The van der Waals surface area contributed by atoms with Gasteiger partial charge >= 0.3 is 5.97 Å². The SMILES string of the molecule is CCOC(=O)CC(CCC(=O)N(C)Cc1ccccc1)c1ccc(C)c(CN2CC(C)Oc3ccccc3S2(=O)=O)c1. The molecule has 1 amide bonds.